The van der Waals surface area contributed by atoms with Crippen LogP contribution in [-0.4, -0.2) is 41.5 Å². The molecule has 4 heteroatoms. The summed E-state index contributed by atoms with van der Waals surface area (Å²) >= 11 is 0. The molecule has 130 valence electrons. The molecule has 1 atom stereocenters. The van der Waals surface area contributed by atoms with Crippen LogP contribution in [0.4, 0.5) is 0 Å². The summed E-state index contributed by atoms with van der Waals surface area (Å²) in [5.41, 5.74) is 4.56. The Hall–Kier alpha value is -1.81. The number of rotatable bonds is 6. The van der Waals surface area contributed by atoms with Crippen LogP contribution in [0.2, 0.25) is 0 Å². The Bertz CT molecular complexity index is 713. The number of H-pyrrole nitrogens is 1. The standard InChI is InChI=1S/C20H29N3O/c1-4-16(13-23-9-5-6-10-23)22-20(24)12-17-15(3)21-19-8-7-14(2)11-18(17)19/h7-8,11,16,21H,4-6,9-10,12-13H2,1-3H3,(H,22,24)/t16-/m1/s1. The number of likely N-dealkylation sites (tertiary alicyclic amines) is 1. The Morgan fingerprint density at radius 2 is 2.04 bits per heavy atom. The molecular formula is C20H29N3O. The van der Waals surface area contributed by atoms with Crippen LogP contribution >= 0.6 is 0 Å². The van der Waals surface area contributed by atoms with Crippen molar-refractivity contribution in [3.8, 4) is 0 Å². The number of aromatic amines is 1. The largest absolute Gasteiger partial charge is 0.358 e. The van der Waals surface area contributed by atoms with E-state index in [1.165, 1.54) is 36.9 Å². The zero-order chi connectivity index (χ0) is 17.1. The molecule has 3 rings (SSSR count). The van der Waals surface area contributed by atoms with E-state index < -0.39 is 0 Å². The monoisotopic (exact) mass is 327 g/mol. The Morgan fingerprint density at radius 1 is 1.29 bits per heavy atom. The third-order valence-corrected chi connectivity index (χ3v) is 5.15. The summed E-state index contributed by atoms with van der Waals surface area (Å²) in [5, 5.41) is 4.42. The average Bonchev–Trinajstić information content (AvgIpc) is 3.16. The fourth-order valence-corrected chi connectivity index (χ4v) is 3.72. The molecule has 2 heterocycles. The van der Waals surface area contributed by atoms with Gasteiger partial charge in [0.2, 0.25) is 5.91 Å². The van der Waals surface area contributed by atoms with E-state index in [1.807, 2.05) is 0 Å². The maximum absolute atomic E-state index is 12.6. The molecule has 0 radical (unpaired) electrons. The van der Waals surface area contributed by atoms with Gasteiger partial charge in [-0.25, -0.2) is 0 Å². The SMILES string of the molecule is CC[C@H](CN1CCCC1)NC(=O)Cc1c(C)[nH]c2ccc(C)cc12. The molecule has 0 bridgehead atoms. The number of nitrogens with one attached hydrogen (secondary N) is 2. The van der Waals surface area contributed by atoms with Crippen molar-refractivity contribution in [1.82, 2.24) is 15.2 Å². The number of fused-ring (bicyclic) bond motifs is 1. The molecule has 1 aromatic heterocycles. The second kappa shape index (κ2) is 7.39. The fraction of sp³-hybridized carbons (Fsp3) is 0.550. The maximum atomic E-state index is 12.6. The zero-order valence-corrected chi connectivity index (χ0v) is 15.1. The van der Waals surface area contributed by atoms with Crippen molar-refractivity contribution in [1.29, 1.82) is 0 Å². The molecule has 1 saturated heterocycles. The van der Waals surface area contributed by atoms with Crippen molar-refractivity contribution in [2.75, 3.05) is 19.6 Å². The first-order chi connectivity index (χ1) is 11.6. The quantitative estimate of drug-likeness (QED) is 0.855. The Balaban J connectivity index is 1.67. The summed E-state index contributed by atoms with van der Waals surface area (Å²) in [5.74, 6) is 0.131. The van der Waals surface area contributed by atoms with Crippen LogP contribution in [-0.2, 0) is 11.2 Å². The molecule has 0 saturated carbocycles. The number of amides is 1. The molecule has 1 fully saturated rings. The lowest BCUT2D eigenvalue weighted by molar-refractivity contribution is -0.121. The highest BCUT2D eigenvalue weighted by molar-refractivity contribution is 5.90. The first-order valence-corrected chi connectivity index (χ1v) is 9.16. The van der Waals surface area contributed by atoms with Crippen LogP contribution in [0.1, 0.15) is 43.0 Å². The van der Waals surface area contributed by atoms with Gasteiger partial charge in [-0.3, -0.25) is 4.79 Å². The van der Waals surface area contributed by atoms with E-state index in [2.05, 4.69) is 54.2 Å². The second-order valence-corrected chi connectivity index (χ2v) is 7.13. The molecule has 1 aliphatic rings. The summed E-state index contributed by atoms with van der Waals surface area (Å²) in [6, 6.07) is 6.62. The average molecular weight is 327 g/mol. The van der Waals surface area contributed by atoms with Gasteiger partial charge in [0.1, 0.15) is 0 Å². The molecule has 0 aliphatic carbocycles. The number of hydrogen-bond acceptors (Lipinski definition) is 2. The van der Waals surface area contributed by atoms with Crippen LogP contribution in [0.3, 0.4) is 0 Å². The number of hydrogen-bond donors (Lipinski definition) is 2. The van der Waals surface area contributed by atoms with Crippen LogP contribution < -0.4 is 5.32 Å². The molecule has 2 aromatic rings. The minimum Gasteiger partial charge on any atom is -0.358 e. The Morgan fingerprint density at radius 3 is 2.75 bits per heavy atom. The number of nitrogens with zero attached hydrogens (tertiary/aromatic N) is 1. The lowest BCUT2D eigenvalue weighted by Gasteiger charge is -2.23. The van der Waals surface area contributed by atoms with Crippen molar-refractivity contribution in [2.24, 2.45) is 0 Å². The van der Waals surface area contributed by atoms with Crippen molar-refractivity contribution in [3.63, 3.8) is 0 Å². The van der Waals surface area contributed by atoms with Crippen molar-refractivity contribution < 1.29 is 4.79 Å². The highest BCUT2D eigenvalue weighted by Crippen LogP contribution is 2.23. The summed E-state index contributed by atoms with van der Waals surface area (Å²) in [4.78, 5) is 18.5. The summed E-state index contributed by atoms with van der Waals surface area (Å²) in [6.45, 7) is 9.63. The topological polar surface area (TPSA) is 48.1 Å². The molecule has 2 N–H and O–H groups in total. The first kappa shape index (κ1) is 17.0. The van der Waals surface area contributed by atoms with Gasteiger partial charge in [-0.15, -0.1) is 0 Å². The minimum absolute atomic E-state index is 0.131. The fourth-order valence-electron chi connectivity index (χ4n) is 3.72. The predicted octanol–water partition coefficient (Wildman–Crippen LogP) is 3.32. The van der Waals surface area contributed by atoms with Gasteiger partial charge in [-0.05, 0) is 63.9 Å². The molecular weight excluding hydrogens is 298 g/mol. The van der Waals surface area contributed by atoms with Gasteiger partial charge in [-0.1, -0.05) is 18.6 Å². The van der Waals surface area contributed by atoms with Crippen LogP contribution in [0.15, 0.2) is 18.2 Å². The van der Waals surface area contributed by atoms with E-state index in [9.17, 15) is 4.79 Å². The molecule has 1 aromatic carbocycles. The predicted molar refractivity (Wildman–Crippen MR) is 99.4 cm³/mol. The van der Waals surface area contributed by atoms with E-state index in [0.717, 1.165) is 29.7 Å². The lowest BCUT2D eigenvalue weighted by Crippen LogP contribution is -2.43. The smallest absolute Gasteiger partial charge is 0.224 e. The van der Waals surface area contributed by atoms with Gasteiger partial charge in [-0.2, -0.15) is 0 Å². The number of aryl methyl sites for hydroxylation is 2. The Kier molecular flexibility index (Phi) is 5.24. The zero-order valence-electron chi connectivity index (χ0n) is 15.1. The van der Waals surface area contributed by atoms with Crippen molar-refractivity contribution >= 4 is 16.8 Å². The van der Waals surface area contributed by atoms with E-state index in [1.54, 1.807) is 0 Å². The van der Waals surface area contributed by atoms with Gasteiger partial charge in [0.05, 0.1) is 6.42 Å². The van der Waals surface area contributed by atoms with E-state index in [-0.39, 0.29) is 11.9 Å². The molecule has 1 aliphatic heterocycles. The van der Waals surface area contributed by atoms with Crippen molar-refractivity contribution in [2.45, 2.75) is 52.5 Å². The highest BCUT2D eigenvalue weighted by atomic mass is 16.1. The first-order valence-electron chi connectivity index (χ1n) is 9.16. The van der Waals surface area contributed by atoms with Crippen LogP contribution in [0.5, 0.6) is 0 Å². The summed E-state index contributed by atoms with van der Waals surface area (Å²) < 4.78 is 0. The minimum atomic E-state index is 0.131. The van der Waals surface area contributed by atoms with E-state index in [0.29, 0.717) is 6.42 Å². The van der Waals surface area contributed by atoms with Gasteiger partial charge >= 0.3 is 0 Å². The van der Waals surface area contributed by atoms with Crippen LogP contribution in [0.25, 0.3) is 10.9 Å². The summed E-state index contributed by atoms with van der Waals surface area (Å²) in [6.07, 6.45) is 4.01. The third-order valence-electron chi connectivity index (χ3n) is 5.15. The maximum Gasteiger partial charge on any atom is 0.224 e. The van der Waals surface area contributed by atoms with E-state index in [4.69, 9.17) is 0 Å². The third kappa shape index (κ3) is 3.81. The van der Waals surface area contributed by atoms with Gasteiger partial charge in [0.25, 0.3) is 0 Å². The number of carbonyl (C=O) groups is 1. The molecule has 0 unspecified atom stereocenters. The summed E-state index contributed by atoms with van der Waals surface area (Å²) in [7, 11) is 0. The number of aromatic nitrogens is 1. The highest BCUT2D eigenvalue weighted by Gasteiger charge is 2.19. The van der Waals surface area contributed by atoms with Crippen molar-refractivity contribution in [3.05, 3.63) is 35.0 Å². The van der Waals surface area contributed by atoms with Gasteiger partial charge in [0.15, 0.2) is 0 Å². The van der Waals surface area contributed by atoms with Gasteiger partial charge in [0, 0.05) is 29.2 Å². The van der Waals surface area contributed by atoms with Crippen LogP contribution in [0, 0.1) is 13.8 Å². The lowest BCUT2D eigenvalue weighted by atomic mass is 10.0. The molecule has 0 spiro atoms. The van der Waals surface area contributed by atoms with Gasteiger partial charge < -0.3 is 15.2 Å². The normalized spacial score (nSPS) is 16.6. The molecule has 4 nitrogen and oxygen atoms in total. The molecule has 24 heavy (non-hydrogen) atoms. The molecule has 1 amide bonds. The Labute approximate surface area is 144 Å². The second-order valence-electron chi connectivity index (χ2n) is 7.13. The van der Waals surface area contributed by atoms with E-state index >= 15 is 0 Å². The number of benzene rings is 1. The number of carbonyl (C=O) groups excluding carboxylic acids is 1.